The lowest BCUT2D eigenvalue weighted by Crippen LogP contribution is -2.02. The van der Waals surface area contributed by atoms with Crippen LogP contribution < -0.4 is 0 Å². The molecule has 0 atom stereocenters. The van der Waals surface area contributed by atoms with Crippen molar-refractivity contribution < 1.29 is 4.79 Å². The fourth-order valence-corrected chi connectivity index (χ4v) is 2.62. The first-order valence-corrected chi connectivity index (χ1v) is 8.80. The quantitative estimate of drug-likeness (QED) is 0.117. The van der Waals surface area contributed by atoms with Crippen molar-refractivity contribution in [2.45, 2.75) is 0 Å². The second kappa shape index (κ2) is 9.33. The zero-order valence-corrected chi connectivity index (χ0v) is 15.5. The highest BCUT2D eigenvalue weighted by Crippen LogP contribution is 2.20. The maximum atomic E-state index is 13.0. The zero-order valence-electron chi connectivity index (χ0n) is 14.7. The van der Waals surface area contributed by atoms with Crippen LogP contribution in [0, 0.1) is 0 Å². The zero-order chi connectivity index (χ0) is 19.8. The molecule has 5 nitrogen and oxygen atoms in total. The van der Waals surface area contributed by atoms with Crippen molar-refractivity contribution in [1.82, 2.24) is 0 Å². The van der Waals surface area contributed by atoms with Gasteiger partial charge < -0.3 is 0 Å². The molecule has 6 heteroatoms. The van der Waals surface area contributed by atoms with Gasteiger partial charge in [-0.05, 0) is 29.3 Å². The molecule has 0 saturated heterocycles. The van der Waals surface area contributed by atoms with Gasteiger partial charge in [-0.15, -0.1) is 0 Å². The van der Waals surface area contributed by atoms with Gasteiger partial charge in [0, 0.05) is 33.0 Å². The maximum absolute atomic E-state index is 13.0. The number of rotatable bonds is 6. The van der Waals surface area contributed by atoms with E-state index in [0.29, 0.717) is 21.8 Å². The summed E-state index contributed by atoms with van der Waals surface area (Å²) < 4.78 is 0. The number of azide groups is 1. The lowest BCUT2D eigenvalue weighted by atomic mass is 10.1. The molecule has 0 saturated carbocycles. The number of aliphatic imine (C=N–C) groups is 1. The molecule has 0 aliphatic heterocycles. The fourth-order valence-electron chi connectivity index (χ4n) is 2.49. The molecule has 136 valence electrons. The topological polar surface area (TPSA) is 78.2 Å². The number of Topliss-reactive ketones (excluding diaryl/α,β-unsaturated/α-hetero) is 1. The molecule has 0 aliphatic carbocycles. The Morgan fingerprint density at radius 3 is 2.32 bits per heavy atom. The number of halogens is 1. The molecule has 3 aromatic rings. The lowest BCUT2D eigenvalue weighted by molar-refractivity contribution is 0.103. The van der Waals surface area contributed by atoms with Crippen molar-refractivity contribution in [3.05, 3.63) is 117 Å². The molecule has 0 aromatic heterocycles. The Hall–Kier alpha value is -3.66. The molecule has 0 unspecified atom stereocenters. The summed E-state index contributed by atoms with van der Waals surface area (Å²) in [6, 6.07) is 23.1. The summed E-state index contributed by atoms with van der Waals surface area (Å²) in [7, 11) is 0. The molecule has 0 amide bonds. The minimum atomic E-state index is -0.215. The first-order valence-electron chi connectivity index (χ1n) is 8.42. The van der Waals surface area contributed by atoms with Gasteiger partial charge in [0.15, 0.2) is 0 Å². The van der Waals surface area contributed by atoms with Crippen LogP contribution in [0.3, 0.4) is 0 Å². The van der Waals surface area contributed by atoms with Crippen LogP contribution in [0.5, 0.6) is 0 Å². The Kier molecular flexibility index (Phi) is 6.37. The van der Waals surface area contributed by atoms with E-state index in [9.17, 15) is 4.79 Å². The summed E-state index contributed by atoms with van der Waals surface area (Å²) in [6.07, 6.45) is 3.21. The van der Waals surface area contributed by atoms with E-state index in [2.05, 4.69) is 15.0 Å². The van der Waals surface area contributed by atoms with Gasteiger partial charge in [0.05, 0.1) is 0 Å². The van der Waals surface area contributed by atoms with Crippen LogP contribution in [0.25, 0.3) is 16.5 Å². The average Bonchev–Trinajstić information content (AvgIpc) is 2.74. The van der Waals surface area contributed by atoms with E-state index < -0.39 is 0 Å². The normalized spacial score (nSPS) is 11.2. The maximum Gasteiger partial charge on any atom is 0.211 e. The average molecular weight is 387 g/mol. The molecular weight excluding hydrogens is 372 g/mol. The molecule has 0 fully saturated rings. The smallest absolute Gasteiger partial charge is 0.211 e. The van der Waals surface area contributed by atoms with E-state index in [4.69, 9.17) is 17.1 Å². The van der Waals surface area contributed by atoms with Gasteiger partial charge in [0.25, 0.3) is 0 Å². The predicted molar refractivity (Wildman–Crippen MR) is 113 cm³/mol. The summed E-state index contributed by atoms with van der Waals surface area (Å²) in [5.74, 6) is -0.215. The second-order valence-corrected chi connectivity index (χ2v) is 6.22. The van der Waals surface area contributed by atoms with Crippen LogP contribution in [0.2, 0.25) is 5.02 Å². The summed E-state index contributed by atoms with van der Waals surface area (Å²) in [5, 5.41) is 4.26. The Labute approximate surface area is 167 Å². The van der Waals surface area contributed by atoms with Gasteiger partial charge in [-0.3, -0.25) is 9.79 Å². The van der Waals surface area contributed by atoms with Crippen LogP contribution in [0.4, 0.5) is 5.69 Å². The summed E-state index contributed by atoms with van der Waals surface area (Å²) in [5.41, 5.74) is 11.3. The number of carbonyl (C=O) groups is 1. The third-order valence-electron chi connectivity index (χ3n) is 3.87. The number of carbonyl (C=O) groups excluding carboxylic acids is 1. The van der Waals surface area contributed by atoms with E-state index in [-0.39, 0.29) is 11.5 Å². The van der Waals surface area contributed by atoms with Crippen LogP contribution in [-0.4, -0.2) is 12.0 Å². The molecule has 0 bridgehead atoms. The molecule has 0 N–H and O–H groups in total. The van der Waals surface area contributed by atoms with Gasteiger partial charge >= 0.3 is 0 Å². The number of benzene rings is 3. The molecule has 0 radical (unpaired) electrons. The summed E-state index contributed by atoms with van der Waals surface area (Å²) in [6.45, 7) is 0. The number of hydrogen-bond donors (Lipinski definition) is 0. The first-order chi connectivity index (χ1) is 13.7. The molecule has 3 aromatic carbocycles. The van der Waals surface area contributed by atoms with E-state index >= 15 is 0 Å². The fraction of sp³-hybridized carbons (Fsp3) is 0. The van der Waals surface area contributed by atoms with Gasteiger partial charge in [-0.2, -0.15) is 0 Å². The predicted octanol–water partition coefficient (Wildman–Crippen LogP) is 6.62. The minimum absolute atomic E-state index is 0.215. The third kappa shape index (κ3) is 4.95. The van der Waals surface area contributed by atoms with Crippen molar-refractivity contribution in [3.63, 3.8) is 0 Å². The minimum Gasteiger partial charge on any atom is -0.287 e. The van der Waals surface area contributed by atoms with Gasteiger partial charge in [0.2, 0.25) is 5.78 Å². The SMILES string of the molecule is [N-]=[N+]=Nc1ccccc1C=N/C(=C\c1ccc(Cl)cc1)C(=O)c1ccccc1. The summed E-state index contributed by atoms with van der Waals surface area (Å²) in [4.78, 5) is 20.2. The van der Waals surface area contributed by atoms with Crippen molar-refractivity contribution in [2.24, 2.45) is 10.1 Å². The van der Waals surface area contributed by atoms with Crippen molar-refractivity contribution in [1.29, 1.82) is 0 Å². The van der Waals surface area contributed by atoms with Crippen LogP contribution in [0.15, 0.2) is 94.7 Å². The first kappa shape index (κ1) is 19.1. The molecule has 0 heterocycles. The second-order valence-electron chi connectivity index (χ2n) is 5.78. The van der Waals surface area contributed by atoms with Crippen LogP contribution in [-0.2, 0) is 0 Å². The van der Waals surface area contributed by atoms with Gasteiger partial charge in [-0.25, -0.2) is 0 Å². The highest BCUT2D eigenvalue weighted by Gasteiger charge is 2.11. The monoisotopic (exact) mass is 386 g/mol. The number of allylic oxidation sites excluding steroid dienone is 1. The van der Waals surface area contributed by atoms with Gasteiger partial charge in [0.1, 0.15) is 5.70 Å². The molecule has 0 aliphatic rings. The molecule has 3 rings (SSSR count). The highest BCUT2D eigenvalue weighted by atomic mass is 35.5. The Balaban J connectivity index is 2.02. The van der Waals surface area contributed by atoms with Crippen molar-refractivity contribution in [3.8, 4) is 0 Å². The van der Waals surface area contributed by atoms with Crippen molar-refractivity contribution >= 4 is 35.4 Å². The Morgan fingerprint density at radius 2 is 1.61 bits per heavy atom. The van der Waals surface area contributed by atoms with Gasteiger partial charge in [-0.1, -0.05) is 83.4 Å². The summed E-state index contributed by atoms with van der Waals surface area (Å²) >= 11 is 5.94. The van der Waals surface area contributed by atoms with Crippen LogP contribution in [0.1, 0.15) is 21.5 Å². The van der Waals surface area contributed by atoms with Crippen LogP contribution >= 0.6 is 11.6 Å². The number of hydrogen-bond acceptors (Lipinski definition) is 3. The lowest BCUT2D eigenvalue weighted by Gasteiger charge is -2.04. The van der Waals surface area contributed by atoms with E-state index in [1.54, 1.807) is 66.7 Å². The highest BCUT2D eigenvalue weighted by molar-refractivity contribution is 6.30. The van der Waals surface area contributed by atoms with E-state index in [0.717, 1.165) is 5.56 Å². The Morgan fingerprint density at radius 1 is 0.929 bits per heavy atom. The standard InChI is InChI=1S/C22H15ClN4O/c23-19-12-10-16(11-13-19)14-21(22(28)17-6-2-1-3-7-17)25-15-18-8-4-5-9-20(18)26-27-24/h1-15H/b21-14-,25-15?. The number of ketones is 1. The van der Waals surface area contributed by atoms with E-state index in [1.807, 2.05) is 18.2 Å². The third-order valence-corrected chi connectivity index (χ3v) is 4.13. The van der Waals surface area contributed by atoms with Crippen molar-refractivity contribution in [2.75, 3.05) is 0 Å². The number of nitrogens with zero attached hydrogens (tertiary/aromatic N) is 4. The largest absolute Gasteiger partial charge is 0.287 e. The Bertz CT molecular complexity index is 1080. The molecule has 0 spiro atoms. The van der Waals surface area contributed by atoms with E-state index in [1.165, 1.54) is 6.21 Å². The molecular formula is C22H15ClN4O. The molecule has 28 heavy (non-hydrogen) atoms.